The highest BCUT2D eigenvalue weighted by molar-refractivity contribution is 7.71. The fraction of sp³-hybridized carbons (Fsp3) is 0.467. The van der Waals surface area contributed by atoms with E-state index in [2.05, 4.69) is 27.6 Å². The maximum absolute atomic E-state index is 9.17. The SMILES string of the molecule is CN1CCCC(Cn2c(=S)[nH]c3c(C#N)cccc32)C1. The number of nitrogens with one attached hydrogen (secondary N) is 1. The minimum atomic E-state index is 0.630. The van der Waals surface area contributed by atoms with Gasteiger partial charge in [-0.25, -0.2) is 0 Å². The first-order valence-corrected chi connectivity index (χ1v) is 7.40. The van der Waals surface area contributed by atoms with Gasteiger partial charge in [-0.1, -0.05) is 6.07 Å². The zero-order valence-corrected chi connectivity index (χ0v) is 12.4. The van der Waals surface area contributed by atoms with Gasteiger partial charge in [0, 0.05) is 13.1 Å². The summed E-state index contributed by atoms with van der Waals surface area (Å²) in [4.78, 5) is 5.57. The second-order valence-corrected chi connectivity index (χ2v) is 6.01. The van der Waals surface area contributed by atoms with Crippen molar-refractivity contribution in [2.24, 2.45) is 5.92 Å². The topological polar surface area (TPSA) is 47.8 Å². The monoisotopic (exact) mass is 286 g/mol. The van der Waals surface area contributed by atoms with Crippen molar-refractivity contribution in [3.63, 3.8) is 0 Å². The Morgan fingerprint density at radius 2 is 2.35 bits per heavy atom. The molecule has 1 N–H and O–H groups in total. The van der Waals surface area contributed by atoms with Crippen molar-refractivity contribution in [1.82, 2.24) is 14.5 Å². The van der Waals surface area contributed by atoms with E-state index in [0.717, 1.165) is 28.9 Å². The van der Waals surface area contributed by atoms with Gasteiger partial charge in [0.1, 0.15) is 6.07 Å². The van der Waals surface area contributed by atoms with Gasteiger partial charge in [-0.05, 0) is 56.7 Å². The van der Waals surface area contributed by atoms with Crippen LogP contribution < -0.4 is 0 Å². The predicted molar refractivity (Wildman–Crippen MR) is 82.1 cm³/mol. The average Bonchev–Trinajstić information content (AvgIpc) is 2.75. The lowest BCUT2D eigenvalue weighted by atomic mass is 9.98. The van der Waals surface area contributed by atoms with Gasteiger partial charge < -0.3 is 14.5 Å². The first-order chi connectivity index (χ1) is 9.69. The Labute approximate surface area is 123 Å². The Hall–Kier alpha value is -1.64. The second kappa shape index (κ2) is 5.39. The number of aromatic nitrogens is 2. The summed E-state index contributed by atoms with van der Waals surface area (Å²) in [5, 5.41) is 9.17. The third-order valence-corrected chi connectivity index (χ3v) is 4.42. The van der Waals surface area contributed by atoms with E-state index in [0.29, 0.717) is 11.5 Å². The molecule has 1 atom stereocenters. The maximum Gasteiger partial charge on any atom is 0.178 e. The molecule has 20 heavy (non-hydrogen) atoms. The number of piperidine rings is 1. The highest BCUT2D eigenvalue weighted by Crippen LogP contribution is 2.22. The number of H-pyrrole nitrogens is 1. The van der Waals surface area contributed by atoms with Gasteiger partial charge >= 0.3 is 0 Å². The van der Waals surface area contributed by atoms with Crippen molar-refractivity contribution in [3.05, 3.63) is 28.5 Å². The molecule has 2 aromatic rings. The van der Waals surface area contributed by atoms with E-state index in [9.17, 15) is 5.26 Å². The van der Waals surface area contributed by atoms with Crippen molar-refractivity contribution in [2.75, 3.05) is 20.1 Å². The Balaban J connectivity index is 1.98. The summed E-state index contributed by atoms with van der Waals surface area (Å²) < 4.78 is 2.87. The Kier molecular flexibility index (Phi) is 3.60. The van der Waals surface area contributed by atoms with Crippen LogP contribution in [-0.4, -0.2) is 34.6 Å². The summed E-state index contributed by atoms with van der Waals surface area (Å²) in [5.74, 6) is 0.630. The summed E-state index contributed by atoms with van der Waals surface area (Å²) >= 11 is 5.44. The molecule has 0 bridgehead atoms. The molecule has 0 aliphatic carbocycles. The number of hydrogen-bond donors (Lipinski definition) is 1. The standard InChI is InChI=1S/C15H18N4S/c1-18-7-3-4-11(9-18)10-19-13-6-2-5-12(8-16)14(13)17-15(19)20/h2,5-6,11H,3-4,7,9-10H2,1H3,(H,17,20). The van der Waals surface area contributed by atoms with E-state index >= 15 is 0 Å². The molecule has 1 fully saturated rings. The van der Waals surface area contributed by atoms with E-state index < -0.39 is 0 Å². The minimum Gasteiger partial charge on any atom is -0.329 e. The summed E-state index contributed by atoms with van der Waals surface area (Å²) in [5.41, 5.74) is 2.57. The first-order valence-electron chi connectivity index (χ1n) is 6.99. The number of imidazole rings is 1. The van der Waals surface area contributed by atoms with Gasteiger partial charge in [0.05, 0.1) is 16.6 Å². The molecule has 1 aromatic carbocycles. The van der Waals surface area contributed by atoms with E-state index in [1.54, 1.807) is 0 Å². The summed E-state index contributed by atoms with van der Waals surface area (Å²) in [6.07, 6.45) is 2.50. The molecule has 1 aromatic heterocycles. The third kappa shape index (κ3) is 2.37. The van der Waals surface area contributed by atoms with Crippen LogP contribution in [0.25, 0.3) is 11.0 Å². The summed E-state index contributed by atoms with van der Waals surface area (Å²) in [6, 6.07) is 8.01. The Bertz CT molecular complexity index is 722. The van der Waals surface area contributed by atoms with Crippen LogP contribution in [0.1, 0.15) is 18.4 Å². The Morgan fingerprint density at radius 3 is 3.10 bits per heavy atom. The number of benzene rings is 1. The van der Waals surface area contributed by atoms with Crippen LogP contribution in [0.2, 0.25) is 0 Å². The summed E-state index contributed by atoms with van der Waals surface area (Å²) in [7, 11) is 2.18. The van der Waals surface area contributed by atoms with Crippen molar-refractivity contribution in [1.29, 1.82) is 5.26 Å². The quantitative estimate of drug-likeness (QED) is 0.864. The number of nitrogens with zero attached hydrogens (tertiary/aromatic N) is 3. The fourth-order valence-corrected chi connectivity index (χ4v) is 3.41. The molecule has 0 spiro atoms. The molecule has 5 heteroatoms. The highest BCUT2D eigenvalue weighted by atomic mass is 32.1. The van der Waals surface area contributed by atoms with Crippen molar-refractivity contribution in [3.8, 4) is 6.07 Å². The largest absolute Gasteiger partial charge is 0.329 e. The predicted octanol–water partition coefficient (Wildman–Crippen LogP) is 2.91. The lowest BCUT2D eigenvalue weighted by Gasteiger charge is -2.29. The molecule has 1 unspecified atom stereocenters. The number of aromatic amines is 1. The third-order valence-electron chi connectivity index (χ3n) is 4.09. The number of rotatable bonds is 2. The molecule has 3 rings (SSSR count). The molecule has 4 nitrogen and oxygen atoms in total. The zero-order valence-electron chi connectivity index (χ0n) is 11.6. The molecule has 104 valence electrons. The zero-order chi connectivity index (χ0) is 14.1. The van der Waals surface area contributed by atoms with E-state index in [-0.39, 0.29) is 0 Å². The number of fused-ring (bicyclic) bond motifs is 1. The fourth-order valence-electron chi connectivity index (χ4n) is 3.14. The minimum absolute atomic E-state index is 0.630. The van der Waals surface area contributed by atoms with Crippen LogP contribution in [0.5, 0.6) is 0 Å². The second-order valence-electron chi connectivity index (χ2n) is 5.62. The van der Waals surface area contributed by atoms with Gasteiger partial charge in [0.15, 0.2) is 4.77 Å². The van der Waals surface area contributed by atoms with Gasteiger partial charge in [0.2, 0.25) is 0 Å². The van der Waals surface area contributed by atoms with Crippen LogP contribution in [0.3, 0.4) is 0 Å². The molecule has 0 saturated carbocycles. The smallest absolute Gasteiger partial charge is 0.178 e. The number of nitriles is 1. The highest BCUT2D eigenvalue weighted by Gasteiger charge is 2.19. The van der Waals surface area contributed by atoms with Gasteiger partial charge in [-0.15, -0.1) is 0 Å². The number of para-hydroxylation sites is 1. The van der Waals surface area contributed by atoms with Crippen molar-refractivity contribution < 1.29 is 0 Å². The molecule has 0 radical (unpaired) electrons. The summed E-state index contributed by atoms with van der Waals surface area (Å²) in [6.45, 7) is 3.23. The lowest BCUT2D eigenvalue weighted by molar-refractivity contribution is 0.195. The molecule has 1 aliphatic rings. The molecular formula is C15H18N4S. The Morgan fingerprint density at radius 1 is 1.50 bits per heavy atom. The average molecular weight is 286 g/mol. The van der Waals surface area contributed by atoms with Crippen molar-refractivity contribution in [2.45, 2.75) is 19.4 Å². The molecular weight excluding hydrogens is 268 g/mol. The van der Waals surface area contributed by atoms with Crippen LogP contribution in [-0.2, 0) is 6.54 Å². The number of hydrogen-bond acceptors (Lipinski definition) is 3. The van der Waals surface area contributed by atoms with Crippen LogP contribution in [0.15, 0.2) is 18.2 Å². The van der Waals surface area contributed by atoms with E-state index in [4.69, 9.17) is 12.2 Å². The van der Waals surface area contributed by atoms with Crippen LogP contribution in [0, 0.1) is 22.0 Å². The molecule has 0 amide bonds. The van der Waals surface area contributed by atoms with Crippen LogP contribution >= 0.6 is 12.2 Å². The normalized spacial score (nSPS) is 20.1. The van der Waals surface area contributed by atoms with E-state index in [1.807, 2.05) is 18.2 Å². The van der Waals surface area contributed by atoms with Crippen LogP contribution in [0.4, 0.5) is 0 Å². The maximum atomic E-state index is 9.17. The van der Waals surface area contributed by atoms with Gasteiger partial charge in [-0.3, -0.25) is 0 Å². The molecule has 1 aliphatic heterocycles. The molecule has 1 saturated heterocycles. The first kappa shape index (κ1) is 13.3. The lowest BCUT2D eigenvalue weighted by Crippen LogP contribution is -2.34. The van der Waals surface area contributed by atoms with Crippen molar-refractivity contribution >= 4 is 23.3 Å². The number of likely N-dealkylation sites (tertiary alicyclic amines) is 1. The van der Waals surface area contributed by atoms with Gasteiger partial charge in [0.25, 0.3) is 0 Å². The van der Waals surface area contributed by atoms with Gasteiger partial charge in [-0.2, -0.15) is 5.26 Å². The van der Waals surface area contributed by atoms with E-state index in [1.165, 1.54) is 19.4 Å². The molecule has 2 heterocycles.